The third kappa shape index (κ3) is 4.94. The highest BCUT2D eigenvalue weighted by atomic mass is 16.2. The number of nitrogens with zero attached hydrogens (tertiary/aromatic N) is 1. The molecule has 0 aliphatic rings. The van der Waals surface area contributed by atoms with Gasteiger partial charge in [-0.3, -0.25) is 4.79 Å². The van der Waals surface area contributed by atoms with Crippen LogP contribution in [0.1, 0.15) is 23.6 Å². The Labute approximate surface area is 137 Å². The monoisotopic (exact) mass is 308 g/mol. The molecule has 1 amide bonds. The summed E-state index contributed by atoms with van der Waals surface area (Å²) in [7, 11) is 1.99. The summed E-state index contributed by atoms with van der Waals surface area (Å²) in [6.45, 7) is 3.28. The second-order valence-corrected chi connectivity index (χ2v) is 5.69. The molecule has 2 N–H and O–H groups in total. The second kappa shape index (κ2) is 8.11. The van der Waals surface area contributed by atoms with Crippen LogP contribution < -0.4 is 10.2 Å². The summed E-state index contributed by atoms with van der Waals surface area (Å²) in [6, 6.07) is 17.6. The van der Waals surface area contributed by atoms with E-state index < -0.39 is 0 Å². The molecule has 4 heteroatoms. The van der Waals surface area contributed by atoms with Gasteiger partial charge in [-0.05, 0) is 24.1 Å². The Kier molecular flexibility index (Phi) is 5.90. The summed E-state index contributed by atoms with van der Waals surface area (Å²) in [5.41, 5.74) is 3.58. The van der Waals surface area contributed by atoms with Gasteiger partial charge in [-0.1, -0.05) is 43.3 Å². The number of amides is 1. The predicted molar refractivity (Wildman–Crippen MR) is 91.1 cm³/mol. The highest BCUT2D eigenvalue weighted by molar-refractivity contribution is 5.92. The molecule has 0 saturated carbocycles. The summed E-state index contributed by atoms with van der Waals surface area (Å²) in [5, 5.41) is 11.9. The van der Waals surface area contributed by atoms with Crippen LogP contribution in [0.5, 0.6) is 0 Å². The second-order valence-electron chi connectivity index (χ2n) is 5.69. The summed E-state index contributed by atoms with van der Waals surface area (Å²) in [4.78, 5) is 13.2. The number of benzene rings is 2. The maximum Gasteiger partial charge on any atom is 0.279 e. The van der Waals surface area contributed by atoms with Crippen molar-refractivity contribution >= 4 is 11.6 Å². The molecule has 23 heavy (non-hydrogen) atoms. The van der Waals surface area contributed by atoms with Gasteiger partial charge in [0, 0.05) is 5.56 Å². The van der Waals surface area contributed by atoms with Gasteiger partial charge in [0.15, 0.2) is 6.54 Å². The third-order valence-corrected chi connectivity index (χ3v) is 3.72. The fourth-order valence-corrected chi connectivity index (χ4v) is 2.46. The minimum absolute atomic E-state index is 0.0876. The molecule has 2 aromatic carbocycles. The largest absolute Gasteiger partial charge is 0.326 e. The average molecular weight is 308 g/mol. The molecule has 0 aliphatic heterocycles. The number of aryl methyl sites for hydroxylation is 1. The molecule has 4 nitrogen and oxygen atoms in total. The molecular formula is C19H22N3O+. The van der Waals surface area contributed by atoms with Gasteiger partial charge in [0.1, 0.15) is 12.6 Å². The molecule has 0 aromatic heterocycles. The Hall–Kier alpha value is -2.64. The summed E-state index contributed by atoms with van der Waals surface area (Å²) >= 11 is 0. The molecule has 0 heterocycles. The first kappa shape index (κ1) is 16.7. The Balaban J connectivity index is 1.90. The first-order valence-electron chi connectivity index (χ1n) is 7.80. The van der Waals surface area contributed by atoms with Gasteiger partial charge in [0.05, 0.1) is 18.3 Å². The zero-order chi connectivity index (χ0) is 16.7. The number of nitriles is 1. The standard InChI is InChI=1S/C19H21N3O/c1-3-15-8-10-16(11-9-15)13-22(2)14-19(23)21-18-7-5-4-6-17(18)12-20/h4-11H,3,13-14H2,1-2H3,(H,21,23)/p+1. The van der Waals surface area contributed by atoms with Gasteiger partial charge < -0.3 is 10.2 Å². The lowest BCUT2D eigenvalue weighted by Gasteiger charge is -2.14. The molecule has 0 saturated heterocycles. The van der Waals surface area contributed by atoms with Crippen LogP contribution in [0.15, 0.2) is 48.5 Å². The third-order valence-electron chi connectivity index (χ3n) is 3.72. The van der Waals surface area contributed by atoms with E-state index >= 15 is 0 Å². The predicted octanol–water partition coefficient (Wildman–Crippen LogP) is 1.77. The number of anilines is 1. The van der Waals surface area contributed by atoms with Crippen molar-refractivity contribution in [2.75, 3.05) is 18.9 Å². The first-order chi connectivity index (χ1) is 11.1. The SMILES string of the molecule is CCc1ccc(C[NH+](C)CC(=O)Nc2ccccc2C#N)cc1. The zero-order valence-electron chi connectivity index (χ0n) is 13.6. The maximum absolute atomic E-state index is 12.1. The van der Waals surface area contributed by atoms with Crippen LogP contribution in [-0.2, 0) is 17.8 Å². The fourth-order valence-electron chi connectivity index (χ4n) is 2.46. The van der Waals surface area contributed by atoms with Crippen LogP contribution in [0.25, 0.3) is 0 Å². The lowest BCUT2D eigenvalue weighted by Crippen LogP contribution is -3.08. The van der Waals surface area contributed by atoms with Crippen molar-refractivity contribution in [2.45, 2.75) is 19.9 Å². The number of carbonyl (C=O) groups excluding carboxylic acids is 1. The molecule has 118 valence electrons. The van der Waals surface area contributed by atoms with Gasteiger partial charge in [-0.15, -0.1) is 0 Å². The van der Waals surface area contributed by atoms with Gasteiger partial charge >= 0.3 is 0 Å². The van der Waals surface area contributed by atoms with Crippen LogP contribution in [0.2, 0.25) is 0 Å². The van der Waals surface area contributed by atoms with E-state index in [1.807, 2.05) is 13.1 Å². The van der Waals surface area contributed by atoms with Crippen molar-refractivity contribution in [3.8, 4) is 6.07 Å². The van der Waals surface area contributed by atoms with Crippen LogP contribution in [0.4, 0.5) is 5.69 Å². The van der Waals surface area contributed by atoms with E-state index in [1.54, 1.807) is 18.2 Å². The van der Waals surface area contributed by atoms with Crippen LogP contribution >= 0.6 is 0 Å². The molecule has 0 bridgehead atoms. The summed E-state index contributed by atoms with van der Waals surface area (Å²) in [5.74, 6) is -0.0876. The number of nitrogens with one attached hydrogen (secondary N) is 2. The van der Waals surface area contributed by atoms with Crippen LogP contribution in [0.3, 0.4) is 0 Å². The van der Waals surface area contributed by atoms with Gasteiger partial charge in [-0.2, -0.15) is 5.26 Å². The van der Waals surface area contributed by atoms with Gasteiger partial charge in [0.25, 0.3) is 5.91 Å². The van der Waals surface area contributed by atoms with Crippen molar-refractivity contribution in [2.24, 2.45) is 0 Å². The molecular weight excluding hydrogens is 286 g/mol. The van der Waals surface area contributed by atoms with Crippen molar-refractivity contribution in [1.82, 2.24) is 0 Å². The lowest BCUT2D eigenvalue weighted by molar-refractivity contribution is -0.885. The molecule has 0 radical (unpaired) electrons. The Morgan fingerprint density at radius 1 is 1.13 bits per heavy atom. The van der Waals surface area contributed by atoms with E-state index in [-0.39, 0.29) is 5.91 Å². The van der Waals surface area contributed by atoms with E-state index in [1.165, 1.54) is 11.1 Å². The van der Waals surface area contributed by atoms with Crippen LogP contribution in [-0.4, -0.2) is 19.5 Å². The number of quaternary nitrogens is 1. The molecule has 1 atom stereocenters. The summed E-state index contributed by atoms with van der Waals surface area (Å²) in [6.07, 6.45) is 1.03. The van der Waals surface area contributed by atoms with Gasteiger partial charge in [-0.25, -0.2) is 0 Å². The van der Waals surface area contributed by atoms with E-state index in [4.69, 9.17) is 5.26 Å². The first-order valence-corrected chi connectivity index (χ1v) is 7.80. The Bertz CT molecular complexity index is 701. The van der Waals surface area contributed by atoms with Crippen LogP contribution in [0, 0.1) is 11.3 Å². The van der Waals surface area contributed by atoms with Crippen molar-refractivity contribution < 1.29 is 9.69 Å². The number of likely N-dealkylation sites (N-methyl/N-ethyl adjacent to an activating group) is 1. The highest BCUT2D eigenvalue weighted by Crippen LogP contribution is 2.12. The molecule has 0 fully saturated rings. The van der Waals surface area contributed by atoms with Crippen molar-refractivity contribution in [1.29, 1.82) is 5.26 Å². The van der Waals surface area contributed by atoms with E-state index in [0.717, 1.165) is 17.9 Å². The Morgan fingerprint density at radius 3 is 2.43 bits per heavy atom. The minimum Gasteiger partial charge on any atom is -0.326 e. The van der Waals surface area contributed by atoms with Gasteiger partial charge in [0.2, 0.25) is 0 Å². The molecule has 2 aromatic rings. The highest BCUT2D eigenvalue weighted by Gasteiger charge is 2.12. The maximum atomic E-state index is 12.1. The number of hydrogen-bond acceptors (Lipinski definition) is 2. The van der Waals surface area contributed by atoms with Crippen molar-refractivity contribution in [3.05, 3.63) is 65.2 Å². The van der Waals surface area contributed by atoms with E-state index in [2.05, 4.69) is 42.6 Å². The van der Waals surface area contributed by atoms with E-state index in [9.17, 15) is 4.79 Å². The molecule has 2 rings (SSSR count). The normalized spacial score (nSPS) is 11.5. The van der Waals surface area contributed by atoms with E-state index in [0.29, 0.717) is 17.8 Å². The molecule has 0 spiro atoms. The average Bonchev–Trinajstić information content (AvgIpc) is 2.55. The fraction of sp³-hybridized carbons (Fsp3) is 0.263. The molecule has 1 unspecified atom stereocenters. The number of carbonyl (C=O) groups is 1. The number of para-hydroxylation sites is 1. The minimum atomic E-state index is -0.0876. The van der Waals surface area contributed by atoms with Crippen molar-refractivity contribution in [3.63, 3.8) is 0 Å². The lowest BCUT2D eigenvalue weighted by atomic mass is 10.1. The molecule has 0 aliphatic carbocycles. The smallest absolute Gasteiger partial charge is 0.279 e. The topological polar surface area (TPSA) is 57.3 Å². The number of hydrogen-bond donors (Lipinski definition) is 2. The zero-order valence-corrected chi connectivity index (χ0v) is 13.6. The Morgan fingerprint density at radius 2 is 1.78 bits per heavy atom. The summed E-state index contributed by atoms with van der Waals surface area (Å²) < 4.78 is 0. The number of rotatable bonds is 6. The quantitative estimate of drug-likeness (QED) is 0.854.